The first-order valence-electron chi connectivity index (χ1n) is 12.2. The van der Waals surface area contributed by atoms with Gasteiger partial charge in [0.15, 0.2) is 11.3 Å². The molecular formula is C28H27Cl2N5O4. The number of rotatable bonds is 7. The molecule has 3 heterocycles. The summed E-state index contributed by atoms with van der Waals surface area (Å²) in [5.41, 5.74) is -0.174. The molecule has 202 valence electrons. The van der Waals surface area contributed by atoms with Crippen molar-refractivity contribution in [2.45, 2.75) is 18.2 Å². The average molecular weight is 568 g/mol. The Bertz CT molecular complexity index is 1510. The van der Waals surface area contributed by atoms with Crippen LogP contribution in [0.1, 0.15) is 34.0 Å². The Kier molecular flexibility index (Phi) is 7.02. The molecule has 9 nitrogen and oxygen atoms in total. The highest BCUT2D eigenvalue weighted by Crippen LogP contribution is 2.46. The fourth-order valence-electron chi connectivity index (χ4n) is 4.92. The molecular weight excluding hydrogens is 541 g/mol. The third-order valence-electron chi connectivity index (χ3n) is 7.02. The maximum Gasteiger partial charge on any atom is 0.260 e. The summed E-state index contributed by atoms with van der Waals surface area (Å²) in [5, 5.41) is 22.4. The number of aliphatic hydroxyl groups is 1. The number of carbonyl (C=O) groups excluding carboxylic acids is 2. The molecule has 2 unspecified atom stereocenters. The molecule has 0 fully saturated rings. The van der Waals surface area contributed by atoms with E-state index in [2.05, 4.69) is 15.7 Å². The number of nitrogens with zero attached hydrogens (tertiary/aromatic N) is 3. The van der Waals surface area contributed by atoms with E-state index in [1.807, 2.05) is 18.2 Å². The maximum atomic E-state index is 14.0. The molecule has 2 amide bonds. The molecule has 11 heteroatoms. The minimum atomic E-state index is -1.94. The Morgan fingerprint density at radius 3 is 2.59 bits per heavy atom. The number of allylic oxidation sites excluding steroid dienone is 2. The second kappa shape index (κ2) is 10.2. The first-order valence-corrected chi connectivity index (χ1v) is 12.9. The minimum absolute atomic E-state index is 0.192. The van der Waals surface area contributed by atoms with Crippen molar-refractivity contribution in [1.29, 1.82) is 0 Å². The zero-order chi connectivity index (χ0) is 27.9. The highest BCUT2D eigenvalue weighted by Gasteiger charge is 2.52. The molecule has 3 aromatic rings. The zero-order valence-electron chi connectivity index (χ0n) is 21.5. The van der Waals surface area contributed by atoms with Gasteiger partial charge in [0.25, 0.3) is 11.8 Å². The highest BCUT2D eigenvalue weighted by molar-refractivity contribution is 6.30. The molecule has 0 bridgehead atoms. The van der Waals surface area contributed by atoms with E-state index in [9.17, 15) is 14.7 Å². The quantitative estimate of drug-likeness (QED) is 0.400. The number of ether oxygens (including phenoxy) is 1. The van der Waals surface area contributed by atoms with Crippen molar-refractivity contribution in [2.75, 3.05) is 25.5 Å². The normalized spacial score (nSPS) is 20.1. The first kappa shape index (κ1) is 27.0. The molecule has 1 aromatic heterocycles. The van der Waals surface area contributed by atoms with Gasteiger partial charge >= 0.3 is 0 Å². The third kappa shape index (κ3) is 4.72. The number of dihydropyridines is 1. The van der Waals surface area contributed by atoms with E-state index >= 15 is 0 Å². The summed E-state index contributed by atoms with van der Waals surface area (Å²) < 4.78 is 7.70. The summed E-state index contributed by atoms with van der Waals surface area (Å²) in [5.74, 6) is -0.982. The van der Waals surface area contributed by atoms with Crippen LogP contribution in [0.25, 0.3) is 0 Å². The largest absolute Gasteiger partial charge is 0.382 e. The highest BCUT2D eigenvalue weighted by atomic mass is 35.5. The summed E-state index contributed by atoms with van der Waals surface area (Å²) >= 11 is 12.3. The van der Waals surface area contributed by atoms with Crippen LogP contribution in [0.15, 0.2) is 77.7 Å². The number of carbonyl (C=O) groups is 2. The number of hydrogen-bond donors (Lipinski definition) is 3. The smallest absolute Gasteiger partial charge is 0.260 e. The Balaban J connectivity index is 1.58. The van der Waals surface area contributed by atoms with Crippen molar-refractivity contribution in [3.05, 3.63) is 105 Å². The molecule has 0 saturated carbocycles. The molecule has 0 spiro atoms. The van der Waals surface area contributed by atoms with Crippen LogP contribution < -0.4 is 10.6 Å². The van der Waals surface area contributed by atoms with Crippen molar-refractivity contribution in [1.82, 2.24) is 20.0 Å². The lowest BCUT2D eigenvalue weighted by atomic mass is 9.88. The predicted molar refractivity (Wildman–Crippen MR) is 148 cm³/mol. The number of aromatic nitrogens is 2. The van der Waals surface area contributed by atoms with Crippen molar-refractivity contribution in [2.24, 2.45) is 7.05 Å². The zero-order valence-corrected chi connectivity index (χ0v) is 23.0. The van der Waals surface area contributed by atoms with Gasteiger partial charge in [-0.25, -0.2) is 0 Å². The summed E-state index contributed by atoms with van der Waals surface area (Å²) in [7, 11) is 3.26. The molecule has 0 radical (unpaired) electrons. The predicted octanol–water partition coefficient (Wildman–Crippen LogP) is 3.83. The van der Waals surface area contributed by atoms with Crippen LogP contribution in [-0.2, 0) is 27.9 Å². The number of methoxy groups -OCH3 is 1. The van der Waals surface area contributed by atoms with Crippen LogP contribution in [0.3, 0.4) is 0 Å². The number of aryl methyl sites for hydroxylation is 1. The first-order chi connectivity index (χ1) is 18.6. The summed E-state index contributed by atoms with van der Waals surface area (Å²) in [4.78, 5) is 28.7. The van der Waals surface area contributed by atoms with E-state index < -0.39 is 17.2 Å². The van der Waals surface area contributed by atoms with E-state index in [1.165, 1.54) is 24.9 Å². The fraction of sp³-hybridized carbons (Fsp3) is 0.250. The average Bonchev–Trinajstić information content (AvgIpc) is 3.44. The number of anilines is 1. The molecule has 5 rings (SSSR count). The van der Waals surface area contributed by atoms with E-state index in [-0.39, 0.29) is 18.0 Å². The fourth-order valence-corrected chi connectivity index (χ4v) is 5.17. The minimum Gasteiger partial charge on any atom is -0.382 e. The lowest BCUT2D eigenvalue weighted by molar-refractivity contribution is -0.133. The number of nitrogens with one attached hydrogen (secondary N) is 2. The summed E-state index contributed by atoms with van der Waals surface area (Å²) in [6.45, 7) is 2.02. The van der Waals surface area contributed by atoms with Crippen LogP contribution in [0, 0.1) is 0 Å². The van der Waals surface area contributed by atoms with Gasteiger partial charge in [-0.15, -0.1) is 0 Å². The van der Waals surface area contributed by atoms with Crippen LogP contribution in [0.5, 0.6) is 0 Å². The van der Waals surface area contributed by atoms with Gasteiger partial charge in [-0.05, 0) is 42.8 Å². The van der Waals surface area contributed by atoms with Crippen molar-refractivity contribution >= 4 is 40.7 Å². The maximum absolute atomic E-state index is 14.0. The SMILES string of the molecule is COC1(c2ccc(Cl)cc2)c2ccc(C(C)(O)C(=O)Nc3cnn(C)c3)cc2C(=O)N1CC1=CC=C(Cl)CN1. The van der Waals surface area contributed by atoms with Gasteiger partial charge in [0.2, 0.25) is 0 Å². The molecule has 3 N–H and O–H groups in total. The van der Waals surface area contributed by atoms with Gasteiger partial charge in [-0.2, -0.15) is 5.10 Å². The van der Waals surface area contributed by atoms with E-state index in [4.69, 9.17) is 27.9 Å². The van der Waals surface area contributed by atoms with Crippen molar-refractivity contribution in [3.63, 3.8) is 0 Å². The van der Waals surface area contributed by atoms with Gasteiger partial charge in [-0.3, -0.25) is 19.2 Å². The van der Waals surface area contributed by atoms with Crippen LogP contribution in [-0.4, -0.2) is 51.8 Å². The number of hydrogen-bond acceptors (Lipinski definition) is 6. The van der Waals surface area contributed by atoms with E-state index in [0.29, 0.717) is 39.0 Å². The Morgan fingerprint density at radius 2 is 1.97 bits per heavy atom. The molecule has 2 aliphatic rings. The van der Waals surface area contributed by atoms with E-state index in [1.54, 1.807) is 54.6 Å². The molecule has 2 aromatic carbocycles. The Hall–Kier alpha value is -3.63. The second-order valence-electron chi connectivity index (χ2n) is 9.59. The van der Waals surface area contributed by atoms with Crippen LogP contribution >= 0.6 is 23.2 Å². The summed E-state index contributed by atoms with van der Waals surface area (Å²) in [6, 6.07) is 12.0. The van der Waals surface area contributed by atoms with Gasteiger partial charge in [0.1, 0.15) is 0 Å². The Labute approximate surface area is 235 Å². The number of fused-ring (bicyclic) bond motifs is 1. The van der Waals surface area contributed by atoms with Gasteiger partial charge in [0, 0.05) is 52.8 Å². The molecule has 0 aliphatic carbocycles. The standard InChI is InChI=1S/C28H27Cl2N5O4/c1-27(38,26(37)33-22-14-32-34(2)15-22)18-6-11-24-23(12-18)25(36)35(16-21-10-9-20(30)13-31-21)28(24,39-3)17-4-7-19(29)8-5-17/h4-12,14-15,31,38H,13,16H2,1-3H3,(H,33,37). The van der Waals surface area contributed by atoms with Gasteiger partial charge in [-0.1, -0.05) is 47.5 Å². The third-order valence-corrected chi connectivity index (χ3v) is 7.53. The van der Waals surface area contributed by atoms with E-state index in [0.717, 1.165) is 5.70 Å². The lowest BCUT2D eigenvalue weighted by Gasteiger charge is -2.39. The van der Waals surface area contributed by atoms with Crippen LogP contribution in [0.4, 0.5) is 5.69 Å². The van der Waals surface area contributed by atoms with Gasteiger partial charge < -0.3 is 20.5 Å². The molecule has 0 saturated heterocycles. The molecule has 2 atom stereocenters. The molecule has 39 heavy (non-hydrogen) atoms. The molecule has 2 aliphatic heterocycles. The van der Waals surface area contributed by atoms with Crippen LogP contribution in [0.2, 0.25) is 5.02 Å². The van der Waals surface area contributed by atoms with Gasteiger partial charge in [0.05, 0.1) is 25.0 Å². The second-order valence-corrected chi connectivity index (χ2v) is 10.5. The van der Waals surface area contributed by atoms with Crippen molar-refractivity contribution in [3.8, 4) is 0 Å². The topological polar surface area (TPSA) is 109 Å². The van der Waals surface area contributed by atoms with Crippen molar-refractivity contribution < 1.29 is 19.4 Å². The summed E-state index contributed by atoms with van der Waals surface area (Å²) in [6.07, 6.45) is 6.71. The number of halogens is 2. The number of amides is 2. The Morgan fingerprint density at radius 1 is 1.23 bits per heavy atom. The lowest BCUT2D eigenvalue weighted by Crippen LogP contribution is -2.48. The monoisotopic (exact) mass is 567 g/mol. The number of benzene rings is 2.